The van der Waals surface area contributed by atoms with E-state index in [-0.39, 0.29) is 23.8 Å². The molecule has 4 rings (SSSR count). The molecule has 0 amide bonds. The SMILES string of the molecule is CC(C)S(=O)(=O)N1CC=C(c2cccc(C3CC(C(O)(C(F)(F)F)C(F)(F)F)=NN3c3ccccc3Cl)c2)CC1. The van der Waals surface area contributed by atoms with E-state index >= 15 is 0 Å². The normalized spacial score (nSPS) is 19.7. The van der Waals surface area contributed by atoms with Crippen molar-refractivity contribution in [2.75, 3.05) is 18.1 Å². The predicted molar refractivity (Wildman–Crippen MR) is 140 cm³/mol. The van der Waals surface area contributed by atoms with Gasteiger partial charge in [0.1, 0.15) is 0 Å². The van der Waals surface area contributed by atoms with Crippen molar-refractivity contribution in [3.05, 3.63) is 70.8 Å². The van der Waals surface area contributed by atoms with Crippen molar-refractivity contribution in [2.24, 2.45) is 5.10 Å². The summed E-state index contributed by atoms with van der Waals surface area (Å²) in [5.41, 5.74) is -4.86. The maximum absolute atomic E-state index is 13.7. The summed E-state index contributed by atoms with van der Waals surface area (Å²) in [4.78, 5) is 0. The summed E-state index contributed by atoms with van der Waals surface area (Å²) >= 11 is 6.24. The zero-order valence-electron chi connectivity index (χ0n) is 21.3. The average Bonchev–Trinajstić information content (AvgIpc) is 3.32. The number of rotatable bonds is 6. The van der Waals surface area contributed by atoms with Crippen molar-refractivity contribution >= 4 is 38.6 Å². The van der Waals surface area contributed by atoms with Gasteiger partial charge in [-0.1, -0.05) is 48.0 Å². The molecule has 0 fully saturated rings. The topological polar surface area (TPSA) is 73.2 Å². The van der Waals surface area contributed by atoms with E-state index in [9.17, 15) is 39.9 Å². The lowest BCUT2D eigenvalue weighted by Crippen LogP contribution is -2.62. The molecule has 0 aromatic heterocycles. The van der Waals surface area contributed by atoms with Gasteiger partial charge in [0.2, 0.25) is 10.0 Å². The molecule has 14 heteroatoms. The third kappa shape index (κ3) is 5.36. The van der Waals surface area contributed by atoms with Crippen LogP contribution in [0.2, 0.25) is 5.02 Å². The fourth-order valence-corrected chi connectivity index (χ4v) is 6.17. The van der Waals surface area contributed by atoms with E-state index in [1.807, 2.05) is 0 Å². The largest absolute Gasteiger partial charge is 0.431 e. The first-order chi connectivity index (χ1) is 18.5. The van der Waals surface area contributed by atoms with Gasteiger partial charge < -0.3 is 5.11 Å². The van der Waals surface area contributed by atoms with Crippen molar-refractivity contribution in [3.8, 4) is 0 Å². The fraction of sp³-hybridized carbons (Fsp3) is 0.423. The number of hydrogen-bond acceptors (Lipinski definition) is 5. The first-order valence-electron chi connectivity index (χ1n) is 12.2. The standard InChI is InChI=1S/C26H26ClF6N3O3S/c1-16(2)40(38,39)35-12-10-17(11-13-35)18-6-5-7-19(14-18)22-15-23(24(37,25(28,29)30)26(31,32)33)34-36(22)21-9-4-3-8-20(21)27/h3-10,14,16,22,37H,11-13,15H2,1-2H3. The van der Waals surface area contributed by atoms with Crippen molar-refractivity contribution < 1.29 is 39.9 Å². The summed E-state index contributed by atoms with van der Waals surface area (Å²) in [6, 6.07) is 11.2. The molecule has 218 valence electrons. The van der Waals surface area contributed by atoms with Gasteiger partial charge in [-0.05, 0) is 55.2 Å². The van der Waals surface area contributed by atoms with Gasteiger partial charge in [-0.2, -0.15) is 35.7 Å². The van der Waals surface area contributed by atoms with E-state index < -0.39 is 51.4 Å². The van der Waals surface area contributed by atoms with Crippen molar-refractivity contribution in [1.82, 2.24) is 4.31 Å². The molecule has 0 spiro atoms. The van der Waals surface area contributed by atoms with Gasteiger partial charge in [0.25, 0.3) is 5.60 Å². The highest BCUT2D eigenvalue weighted by molar-refractivity contribution is 7.89. The maximum Gasteiger partial charge on any atom is 0.431 e. The van der Waals surface area contributed by atoms with Crippen LogP contribution in [0.15, 0.2) is 59.7 Å². The highest BCUT2D eigenvalue weighted by Crippen LogP contribution is 2.49. The molecule has 0 radical (unpaired) electrons. The summed E-state index contributed by atoms with van der Waals surface area (Å²) in [6.07, 6.45) is -11.0. The Morgan fingerprint density at radius 1 is 1.02 bits per heavy atom. The van der Waals surface area contributed by atoms with E-state index in [1.165, 1.54) is 28.6 Å². The lowest BCUT2D eigenvalue weighted by Gasteiger charge is -2.32. The van der Waals surface area contributed by atoms with Gasteiger partial charge in [-0.15, -0.1) is 0 Å². The molecular formula is C26H26ClF6N3O3S. The molecule has 0 saturated carbocycles. The molecule has 6 nitrogen and oxygen atoms in total. The van der Waals surface area contributed by atoms with Crippen LogP contribution in [0.5, 0.6) is 0 Å². The molecule has 2 aromatic carbocycles. The second kappa shape index (κ2) is 10.7. The van der Waals surface area contributed by atoms with Crippen LogP contribution in [0.4, 0.5) is 32.0 Å². The van der Waals surface area contributed by atoms with Crippen molar-refractivity contribution in [1.29, 1.82) is 0 Å². The number of hydrogen-bond donors (Lipinski definition) is 1. The van der Waals surface area contributed by atoms with Crippen LogP contribution in [0.3, 0.4) is 0 Å². The first-order valence-corrected chi connectivity index (χ1v) is 14.1. The van der Waals surface area contributed by atoms with Crippen molar-refractivity contribution in [3.63, 3.8) is 0 Å². The van der Waals surface area contributed by atoms with Gasteiger partial charge >= 0.3 is 12.4 Å². The molecule has 1 N–H and O–H groups in total. The Hall–Kier alpha value is -2.61. The predicted octanol–water partition coefficient (Wildman–Crippen LogP) is 6.33. The molecule has 0 saturated heterocycles. The molecule has 40 heavy (non-hydrogen) atoms. The van der Waals surface area contributed by atoms with Crippen LogP contribution in [0, 0.1) is 0 Å². The second-order valence-electron chi connectivity index (χ2n) is 9.83. The number of alkyl halides is 6. The van der Waals surface area contributed by atoms with Crippen LogP contribution in [-0.2, 0) is 10.0 Å². The third-order valence-electron chi connectivity index (χ3n) is 7.02. The highest BCUT2D eigenvalue weighted by atomic mass is 35.5. The zero-order chi connectivity index (χ0) is 29.7. The van der Waals surface area contributed by atoms with E-state index in [1.54, 1.807) is 44.2 Å². The number of aliphatic hydroxyl groups is 1. The number of nitrogens with zero attached hydrogens (tertiary/aromatic N) is 3. The Kier molecular flexibility index (Phi) is 8.09. The Labute approximate surface area is 232 Å². The van der Waals surface area contributed by atoms with Crippen LogP contribution in [0.25, 0.3) is 5.57 Å². The zero-order valence-corrected chi connectivity index (χ0v) is 22.9. The molecule has 1 atom stereocenters. The van der Waals surface area contributed by atoms with E-state index in [2.05, 4.69) is 5.10 Å². The molecular weight excluding hydrogens is 584 g/mol. The Morgan fingerprint density at radius 3 is 2.23 bits per heavy atom. The van der Waals surface area contributed by atoms with Gasteiger partial charge in [-0.3, -0.25) is 5.01 Å². The summed E-state index contributed by atoms with van der Waals surface area (Å²) in [7, 11) is -3.47. The van der Waals surface area contributed by atoms with E-state index in [0.717, 1.165) is 10.6 Å². The van der Waals surface area contributed by atoms with Crippen LogP contribution in [0.1, 0.15) is 43.9 Å². The summed E-state index contributed by atoms with van der Waals surface area (Å²) in [5.74, 6) is 0. The molecule has 2 aliphatic rings. The van der Waals surface area contributed by atoms with E-state index in [4.69, 9.17) is 11.6 Å². The van der Waals surface area contributed by atoms with Crippen LogP contribution < -0.4 is 5.01 Å². The smallest absolute Gasteiger partial charge is 0.369 e. The molecule has 2 aromatic rings. The Morgan fingerprint density at radius 2 is 1.68 bits per heavy atom. The summed E-state index contributed by atoms with van der Waals surface area (Å²) < 4.78 is 109. The molecule has 0 aliphatic carbocycles. The van der Waals surface area contributed by atoms with Gasteiger partial charge in [0, 0.05) is 19.5 Å². The van der Waals surface area contributed by atoms with Crippen molar-refractivity contribution in [2.45, 2.75) is 55.9 Å². The van der Waals surface area contributed by atoms with Gasteiger partial charge in [0.05, 0.1) is 27.7 Å². The minimum absolute atomic E-state index is 0.0395. The monoisotopic (exact) mass is 609 g/mol. The number of hydrazone groups is 1. The number of halogens is 7. The quantitative estimate of drug-likeness (QED) is 0.389. The summed E-state index contributed by atoms with van der Waals surface area (Å²) in [5, 5.41) is 14.1. The highest BCUT2D eigenvalue weighted by Gasteiger charge is 2.74. The second-order valence-corrected chi connectivity index (χ2v) is 12.7. The Bertz CT molecular complexity index is 1430. The fourth-order valence-electron chi connectivity index (χ4n) is 4.72. The first kappa shape index (κ1) is 30.4. The lowest BCUT2D eigenvalue weighted by atomic mass is 9.88. The average molecular weight is 610 g/mol. The minimum Gasteiger partial charge on any atom is -0.369 e. The summed E-state index contributed by atoms with van der Waals surface area (Å²) in [6.45, 7) is 3.52. The van der Waals surface area contributed by atoms with Gasteiger partial charge in [-0.25, -0.2) is 8.42 Å². The number of benzene rings is 2. The molecule has 2 heterocycles. The maximum atomic E-state index is 13.7. The van der Waals surface area contributed by atoms with Crippen LogP contribution >= 0.6 is 11.6 Å². The number of anilines is 1. The lowest BCUT2D eigenvalue weighted by molar-refractivity contribution is -0.338. The Balaban J connectivity index is 1.74. The number of para-hydroxylation sites is 1. The minimum atomic E-state index is -6.08. The van der Waals surface area contributed by atoms with E-state index in [0.29, 0.717) is 17.5 Å². The van der Waals surface area contributed by atoms with Crippen LogP contribution in [-0.4, -0.2) is 59.8 Å². The third-order valence-corrected chi connectivity index (χ3v) is 9.58. The molecule has 0 bridgehead atoms. The molecule has 2 aliphatic heterocycles. The van der Waals surface area contributed by atoms with Gasteiger partial charge in [0.15, 0.2) is 0 Å². The number of sulfonamides is 1. The molecule has 1 unspecified atom stereocenters.